The number of carbonyl (C=O) groups excluding carboxylic acids is 1. The van der Waals surface area contributed by atoms with Gasteiger partial charge >= 0.3 is 0 Å². The molecule has 4 rings (SSSR count). The molecule has 0 bridgehead atoms. The van der Waals surface area contributed by atoms with Gasteiger partial charge in [0.15, 0.2) is 5.13 Å². The Morgan fingerprint density at radius 2 is 1.90 bits per heavy atom. The number of halogens is 2. The first-order valence-corrected chi connectivity index (χ1v) is 10.9. The van der Waals surface area contributed by atoms with Crippen molar-refractivity contribution in [3.63, 3.8) is 0 Å². The smallest absolute Gasteiger partial charge is 0.268 e. The second-order valence-corrected chi connectivity index (χ2v) is 8.68. The number of aromatic nitrogens is 1. The number of nitrogens with zero attached hydrogens (tertiary/aromatic N) is 2. The molecule has 0 aliphatic rings. The van der Waals surface area contributed by atoms with Crippen LogP contribution in [-0.4, -0.2) is 10.9 Å². The number of carbonyl (C=O) groups is 1. The fraction of sp³-hybridized carbons (Fsp3) is 0.0417. The number of nitriles is 1. The van der Waals surface area contributed by atoms with Crippen LogP contribution in [0.15, 0.2) is 72.4 Å². The van der Waals surface area contributed by atoms with Gasteiger partial charge in [-0.05, 0) is 40.1 Å². The summed E-state index contributed by atoms with van der Waals surface area (Å²) in [6.45, 7) is 0. The van der Waals surface area contributed by atoms with Crippen molar-refractivity contribution in [1.82, 2.24) is 4.98 Å². The molecule has 1 N–H and O–H groups in total. The van der Waals surface area contributed by atoms with Gasteiger partial charge in [0.05, 0.1) is 10.0 Å². The van der Waals surface area contributed by atoms with Crippen LogP contribution in [0.4, 0.5) is 5.13 Å². The summed E-state index contributed by atoms with van der Waals surface area (Å²) in [6, 6.07) is 21.0. The summed E-state index contributed by atoms with van der Waals surface area (Å²) in [5.41, 5.74) is 1.81. The second kappa shape index (κ2) is 9.32. The fourth-order valence-electron chi connectivity index (χ4n) is 3.14. The second-order valence-electron chi connectivity index (χ2n) is 6.75. The molecular weight excluding hydrogens is 449 g/mol. The zero-order valence-corrected chi connectivity index (χ0v) is 18.4. The van der Waals surface area contributed by atoms with Crippen molar-refractivity contribution in [2.75, 3.05) is 5.32 Å². The lowest BCUT2D eigenvalue weighted by Crippen LogP contribution is -2.13. The minimum Gasteiger partial charge on any atom is -0.297 e. The van der Waals surface area contributed by atoms with Crippen LogP contribution >= 0.6 is 34.5 Å². The molecule has 4 nitrogen and oxygen atoms in total. The number of anilines is 1. The number of amides is 1. The molecule has 1 heterocycles. The van der Waals surface area contributed by atoms with Gasteiger partial charge in [0.25, 0.3) is 5.91 Å². The number of benzene rings is 3. The van der Waals surface area contributed by atoms with E-state index in [1.807, 2.05) is 60.7 Å². The average molecular weight is 464 g/mol. The van der Waals surface area contributed by atoms with Crippen LogP contribution in [0.1, 0.15) is 16.0 Å². The highest BCUT2D eigenvalue weighted by Gasteiger charge is 2.13. The third kappa shape index (κ3) is 4.95. The molecule has 7 heteroatoms. The number of nitrogens with one attached hydrogen (secondary N) is 1. The first kappa shape index (κ1) is 21.1. The van der Waals surface area contributed by atoms with Gasteiger partial charge in [-0.2, -0.15) is 5.26 Å². The molecule has 0 radical (unpaired) electrons. The van der Waals surface area contributed by atoms with E-state index < -0.39 is 5.91 Å². The minimum atomic E-state index is -0.495. The lowest BCUT2D eigenvalue weighted by molar-refractivity contribution is -0.112. The molecule has 0 atom stereocenters. The highest BCUT2D eigenvalue weighted by atomic mass is 35.5. The summed E-state index contributed by atoms with van der Waals surface area (Å²) in [5.74, 6) is -0.495. The fourth-order valence-corrected chi connectivity index (χ4v) is 4.31. The van der Waals surface area contributed by atoms with Crippen molar-refractivity contribution in [3.8, 4) is 6.07 Å². The maximum absolute atomic E-state index is 12.7. The van der Waals surface area contributed by atoms with E-state index in [0.29, 0.717) is 21.6 Å². The summed E-state index contributed by atoms with van der Waals surface area (Å²) in [5, 5.41) is 15.7. The van der Waals surface area contributed by atoms with E-state index >= 15 is 0 Å². The molecule has 31 heavy (non-hydrogen) atoms. The molecule has 0 saturated heterocycles. The zero-order chi connectivity index (χ0) is 21.8. The van der Waals surface area contributed by atoms with E-state index in [1.165, 1.54) is 11.3 Å². The zero-order valence-electron chi connectivity index (χ0n) is 16.1. The van der Waals surface area contributed by atoms with Crippen LogP contribution in [0.25, 0.3) is 16.8 Å². The van der Waals surface area contributed by atoms with Crippen LogP contribution in [0.5, 0.6) is 0 Å². The predicted octanol–water partition coefficient (Wildman–Crippen LogP) is 6.74. The Kier molecular flexibility index (Phi) is 6.34. The van der Waals surface area contributed by atoms with Gasteiger partial charge in [-0.25, -0.2) is 4.98 Å². The first-order chi connectivity index (χ1) is 15.0. The maximum Gasteiger partial charge on any atom is 0.268 e. The Morgan fingerprint density at radius 3 is 2.71 bits per heavy atom. The summed E-state index contributed by atoms with van der Waals surface area (Å²) in [4.78, 5) is 17.9. The van der Waals surface area contributed by atoms with Crippen molar-refractivity contribution >= 4 is 62.4 Å². The molecule has 1 aromatic heterocycles. The summed E-state index contributed by atoms with van der Waals surface area (Å²) >= 11 is 13.4. The Bertz CT molecular complexity index is 1350. The molecule has 4 aromatic rings. The van der Waals surface area contributed by atoms with Crippen LogP contribution in [-0.2, 0) is 11.2 Å². The van der Waals surface area contributed by atoms with E-state index in [4.69, 9.17) is 23.2 Å². The van der Waals surface area contributed by atoms with E-state index in [2.05, 4.69) is 10.3 Å². The lowest BCUT2D eigenvalue weighted by atomic mass is 10.0. The van der Waals surface area contributed by atoms with E-state index in [0.717, 1.165) is 26.8 Å². The Labute approximate surface area is 193 Å². The van der Waals surface area contributed by atoms with Gasteiger partial charge in [0, 0.05) is 17.5 Å². The highest BCUT2D eigenvalue weighted by molar-refractivity contribution is 7.15. The summed E-state index contributed by atoms with van der Waals surface area (Å²) in [7, 11) is 0. The molecule has 3 aromatic carbocycles. The van der Waals surface area contributed by atoms with Crippen molar-refractivity contribution in [3.05, 3.63) is 98.5 Å². The molecule has 0 saturated carbocycles. The average Bonchev–Trinajstić information content (AvgIpc) is 3.21. The lowest BCUT2D eigenvalue weighted by Gasteiger charge is -2.04. The van der Waals surface area contributed by atoms with Gasteiger partial charge in [0.1, 0.15) is 11.6 Å². The monoisotopic (exact) mass is 463 g/mol. The van der Waals surface area contributed by atoms with Crippen LogP contribution in [0.2, 0.25) is 10.0 Å². The summed E-state index contributed by atoms with van der Waals surface area (Å²) in [6.07, 6.45) is 3.91. The quantitative estimate of drug-likeness (QED) is 0.263. The van der Waals surface area contributed by atoms with Gasteiger partial charge < -0.3 is 0 Å². The minimum absolute atomic E-state index is 0.0117. The maximum atomic E-state index is 12.7. The SMILES string of the molecule is N#CC(=Cc1cccc2ccccc12)C(=O)Nc1ncc(Cc2ccc(Cl)c(Cl)c2)s1. The topological polar surface area (TPSA) is 65.8 Å². The van der Waals surface area contributed by atoms with Crippen LogP contribution < -0.4 is 5.32 Å². The standard InChI is InChI=1S/C24H15Cl2N3OS/c25-21-9-8-15(11-22(21)26)10-19-14-28-24(31-19)29-23(30)18(13-27)12-17-6-3-5-16-4-1-2-7-20(16)17/h1-9,11-12,14H,10H2,(H,28,29,30). The molecule has 0 aliphatic carbocycles. The Hall–Kier alpha value is -3.17. The van der Waals surface area contributed by atoms with Crippen molar-refractivity contribution < 1.29 is 4.79 Å². The van der Waals surface area contributed by atoms with Crippen molar-refractivity contribution in [1.29, 1.82) is 5.26 Å². The molecular formula is C24H15Cl2N3OS. The van der Waals surface area contributed by atoms with Gasteiger partial charge in [-0.15, -0.1) is 11.3 Å². The molecule has 0 fully saturated rings. The van der Waals surface area contributed by atoms with E-state index in [1.54, 1.807) is 18.3 Å². The third-order valence-corrected chi connectivity index (χ3v) is 6.28. The largest absolute Gasteiger partial charge is 0.297 e. The van der Waals surface area contributed by atoms with Crippen LogP contribution in [0, 0.1) is 11.3 Å². The van der Waals surface area contributed by atoms with E-state index in [-0.39, 0.29) is 5.57 Å². The number of hydrogen-bond acceptors (Lipinski definition) is 4. The van der Waals surface area contributed by atoms with Crippen molar-refractivity contribution in [2.45, 2.75) is 6.42 Å². The van der Waals surface area contributed by atoms with Gasteiger partial charge in [0.2, 0.25) is 0 Å². The number of hydrogen-bond donors (Lipinski definition) is 1. The first-order valence-electron chi connectivity index (χ1n) is 9.33. The Balaban J connectivity index is 1.51. The van der Waals surface area contributed by atoms with E-state index in [9.17, 15) is 10.1 Å². The molecule has 1 amide bonds. The molecule has 0 spiro atoms. The number of thiazole rings is 1. The van der Waals surface area contributed by atoms with Gasteiger partial charge in [-0.3, -0.25) is 10.1 Å². The Morgan fingerprint density at radius 1 is 1.10 bits per heavy atom. The normalized spacial score (nSPS) is 11.3. The summed E-state index contributed by atoms with van der Waals surface area (Å²) < 4.78 is 0. The van der Waals surface area contributed by atoms with Crippen molar-refractivity contribution in [2.24, 2.45) is 0 Å². The molecule has 152 valence electrons. The van der Waals surface area contributed by atoms with Crippen LogP contribution in [0.3, 0.4) is 0 Å². The molecule has 0 unspecified atom stereocenters. The number of fused-ring (bicyclic) bond motifs is 1. The number of rotatable bonds is 5. The van der Waals surface area contributed by atoms with Gasteiger partial charge in [-0.1, -0.05) is 71.7 Å². The molecule has 0 aliphatic heterocycles. The predicted molar refractivity (Wildman–Crippen MR) is 128 cm³/mol. The highest BCUT2D eigenvalue weighted by Crippen LogP contribution is 2.27. The third-order valence-electron chi connectivity index (χ3n) is 4.62.